The Bertz CT molecular complexity index is 439. The van der Waals surface area contributed by atoms with E-state index in [1.807, 2.05) is 0 Å². The molecule has 1 atom stereocenters. The summed E-state index contributed by atoms with van der Waals surface area (Å²) in [6.45, 7) is 3.51. The van der Waals surface area contributed by atoms with Crippen molar-refractivity contribution >= 4 is 5.91 Å². The van der Waals surface area contributed by atoms with E-state index in [0.717, 1.165) is 18.5 Å². The van der Waals surface area contributed by atoms with E-state index in [1.165, 1.54) is 6.42 Å². The van der Waals surface area contributed by atoms with Gasteiger partial charge in [0.1, 0.15) is 5.75 Å². The highest BCUT2D eigenvalue weighted by Gasteiger charge is 2.21. The first-order valence-corrected chi connectivity index (χ1v) is 6.37. The number of para-hydroxylation sites is 1. The van der Waals surface area contributed by atoms with Gasteiger partial charge in [0, 0.05) is 19.6 Å². The van der Waals surface area contributed by atoms with Crippen LogP contribution in [0, 0.1) is 6.92 Å². The molecule has 4 heteroatoms. The second-order valence-electron chi connectivity index (χ2n) is 4.95. The summed E-state index contributed by atoms with van der Waals surface area (Å²) in [6, 6.07) is 5.64. The zero-order chi connectivity index (χ0) is 13.1. The molecule has 1 amide bonds. The van der Waals surface area contributed by atoms with E-state index in [2.05, 4.69) is 5.32 Å². The highest BCUT2D eigenvalue weighted by atomic mass is 16.3. The minimum absolute atomic E-state index is 0.0914. The van der Waals surface area contributed by atoms with E-state index in [0.29, 0.717) is 18.2 Å². The maximum absolute atomic E-state index is 12.2. The van der Waals surface area contributed by atoms with Gasteiger partial charge in [-0.3, -0.25) is 4.79 Å². The van der Waals surface area contributed by atoms with Gasteiger partial charge in [-0.1, -0.05) is 12.1 Å². The zero-order valence-electron chi connectivity index (χ0n) is 10.9. The van der Waals surface area contributed by atoms with Crippen molar-refractivity contribution in [3.8, 4) is 5.75 Å². The lowest BCUT2D eigenvalue weighted by Crippen LogP contribution is -2.38. The predicted octanol–water partition coefficient (Wildman–Crippen LogP) is 1.52. The van der Waals surface area contributed by atoms with E-state index in [4.69, 9.17) is 0 Å². The van der Waals surface area contributed by atoms with Crippen LogP contribution in [0.25, 0.3) is 0 Å². The minimum Gasteiger partial charge on any atom is -0.507 e. The van der Waals surface area contributed by atoms with Gasteiger partial charge in [0.05, 0.1) is 5.56 Å². The van der Waals surface area contributed by atoms with Gasteiger partial charge < -0.3 is 15.3 Å². The van der Waals surface area contributed by atoms with Crippen LogP contribution >= 0.6 is 0 Å². The average molecular weight is 248 g/mol. The van der Waals surface area contributed by atoms with Crippen LogP contribution in [-0.4, -0.2) is 42.1 Å². The van der Waals surface area contributed by atoms with Crippen molar-refractivity contribution in [3.63, 3.8) is 0 Å². The number of carbonyl (C=O) groups excluding carboxylic acids is 1. The molecule has 0 bridgehead atoms. The normalized spacial score (nSPS) is 18.9. The molecule has 1 aliphatic heterocycles. The quantitative estimate of drug-likeness (QED) is 0.853. The molecule has 2 rings (SSSR count). The maximum atomic E-state index is 12.2. The van der Waals surface area contributed by atoms with Crippen LogP contribution in [0.4, 0.5) is 0 Å². The number of phenols is 1. The van der Waals surface area contributed by atoms with Crippen LogP contribution in [0.2, 0.25) is 0 Å². The van der Waals surface area contributed by atoms with Crippen LogP contribution in [-0.2, 0) is 0 Å². The predicted molar refractivity (Wildman–Crippen MR) is 70.8 cm³/mol. The smallest absolute Gasteiger partial charge is 0.257 e. The van der Waals surface area contributed by atoms with E-state index in [-0.39, 0.29) is 11.7 Å². The van der Waals surface area contributed by atoms with Gasteiger partial charge in [0.2, 0.25) is 0 Å². The summed E-state index contributed by atoms with van der Waals surface area (Å²) in [4.78, 5) is 13.9. The molecule has 0 aliphatic carbocycles. The molecule has 1 fully saturated rings. The number of likely N-dealkylation sites (N-methyl/N-ethyl adjacent to an activating group) is 1. The van der Waals surface area contributed by atoms with Crippen LogP contribution < -0.4 is 5.32 Å². The largest absolute Gasteiger partial charge is 0.507 e. The third-order valence-corrected chi connectivity index (χ3v) is 3.47. The Labute approximate surface area is 108 Å². The van der Waals surface area contributed by atoms with Crippen molar-refractivity contribution in [3.05, 3.63) is 29.3 Å². The molecule has 1 aromatic carbocycles. The molecular formula is C14H20N2O2. The number of phenolic OH excluding ortho intramolecular Hbond substituents is 1. The Kier molecular flexibility index (Phi) is 3.87. The number of benzene rings is 1. The molecule has 1 heterocycles. The number of aromatic hydroxyl groups is 1. The molecule has 18 heavy (non-hydrogen) atoms. The number of nitrogens with zero attached hydrogens (tertiary/aromatic N) is 1. The lowest BCUT2D eigenvalue weighted by molar-refractivity contribution is 0.0780. The highest BCUT2D eigenvalue weighted by molar-refractivity contribution is 5.97. The SMILES string of the molecule is Cc1cccc(C(=O)N(C)CC2CCCN2)c1O. The third kappa shape index (κ3) is 2.64. The Morgan fingerprint density at radius 2 is 2.33 bits per heavy atom. The first kappa shape index (κ1) is 12.9. The van der Waals surface area contributed by atoms with Crippen LogP contribution in [0.15, 0.2) is 18.2 Å². The molecule has 98 valence electrons. The fraction of sp³-hybridized carbons (Fsp3) is 0.500. The molecule has 2 N–H and O–H groups in total. The van der Waals surface area contributed by atoms with Gasteiger partial charge in [0.15, 0.2) is 0 Å². The molecule has 0 saturated carbocycles. The maximum Gasteiger partial charge on any atom is 0.257 e. The van der Waals surface area contributed by atoms with Crippen molar-refractivity contribution in [2.45, 2.75) is 25.8 Å². The fourth-order valence-electron chi connectivity index (χ4n) is 2.36. The number of hydrogen-bond donors (Lipinski definition) is 2. The lowest BCUT2D eigenvalue weighted by Gasteiger charge is -2.22. The van der Waals surface area contributed by atoms with Crippen LogP contribution in [0.5, 0.6) is 5.75 Å². The number of carbonyl (C=O) groups is 1. The van der Waals surface area contributed by atoms with Crippen molar-refractivity contribution in [2.75, 3.05) is 20.1 Å². The van der Waals surface area contributed by atoms with Crippen LogP contribution in [0.1, 0.15) is 28.8 Å². The molecule has 1 saturated heterocycles. The van der Waals surface area contributed by atoms with Crippen molar-refractivity contribution < 1.29 is 9.90 Å². The van der Waals surface area contributed by atoms with Crippen molar-refractivity contribution in [1.82, 2.24) is 10.2 Å². The van der Waals surface area contributed by atoms with Crippen molar-refractivity contribution in [2.24, 2.45) is 0 Å². The number of hydrogen-bond acceptors (Lipinski definition) is 3. The minimum atomic E-state index is -0.120. The second-order valence-corrected chi connectivity index (χ2v) is 4.95. The lowest BCUT2D eigenvalue weighted by atomic mass is 10.1. The van der Waals surface area contributed by atoms with Gasteiger partial charge in [-0.15, -0.1) is 0 Å². The molecule has 0 aromatic heterocycles. The number of amides is 1. The summed E-state index contributed by atoms with van der Waals surface area (Å²) in [5, 5.41) is 13.3. The summed E-state index contributed by atoms with van der Waals surface area (Å²) in [5.41, 5.74) is 1.11. The molecule has 0 spiro atoms. The molecule has 0 radical (unpaired) electrons. The monoisotopic (exact) mass is 248 g/mol. The van der Waals surface area contributed by atoms with Gasteiger partial charge >= 0.3 is 0 Å². The number of rotatable bonds is 3. The summed E-state index contributed by atoms with van der Waals surface area (Å²) < 4.78 is 0. The second kappa shape index (κ2) is 5.40. The summed E-state index contributed by atoms with van der Waals surface area (Å²) in [5.74, 6) is -0.0290. The third-order valence-electron chi connectivity index (χ3n) is 3.47. The summed E-state index contributed by atoms with van der Waals surface area (Å²) in [7, 11) is 1.78. The topological polar surface area (TPSA) is 52.6 Å². The van der Waals surface area contributed by atoms with Gasteiger partial charge in [0.25, 0.3) is 5.91 Å². The first-order chi connectivity index (χ1) is 8.59. The Hall–Kier alpha value is -1.55. The van der Waals surface area contributed by atoms with Crippen LogP contribution in [0.3, 0.4) is 0 Å². The summed E-state index contributed by atoms with van der Waals surface area (Å²) >= 11 is 0. The van der Waals surface area contributed by atoms with E-state index < -0.39 is 0 Å². The van der Waals surface area contributed by atoms with Gasteiger partial charge in [-0.25, -0.2) is 0 Å². The van der Waals surface area contributed by atoms with Crippen molar-refractivity contribution in [1.29, 1.82) is 0 Å². The Balaban J connectivity index is 2.07. The standard InChI is InChI=1S/C14H20N2O2/c1-10-5-3-7-12(13(10)17)14(18)16(2)9-11-6-4-8-15-11/h3,5,7,11,15,17H,4,6,8-9H2,1-2H3. The highest BCUT2D eigenvalue weighted by Crippen LogP contribution is 2.22. The van der Waals surface area contributed by atoms with E-state index >= 15 is 0 Å². The van der Waals surface area contributed by atoms with E-state index in [9.17, 15) is 9.90 Å². The van der Waals surface area contributed by atoms with E-state index in [1.54, 1.807) is 37.1 Å². The molecule has 4 nitrogen and oxygen atoms in total. The average Bonchev–Trinajstić information content (AvgIpc) is 2.84. The number of nitrogens with one attached hydrogen (secondary N) is 1. The van der Waals surface area contributed by atoms with Gasteiger partial charge in [-0.2, -0.15) is 0 Å². The molecular weight excluding hydrogens is 228 g/mol. The van der Waals surface area contributed by atoms with Gasteiger partial charge in [-0.05, 0) is 37.9 Å². The number of aryl methyl sites for hydroxylation is 1. The Morgan fingerprint density at radius 3 is 3.00 bits per heavy atom. The summed E-state index contributed by atoms with van der Waals surface area (Å²) in [6.07, 6.45) is 2.28. The fourth-order valence-corrected chi connectivity index (χ4v) is 2.36. The Morgan fingerprint density at radius 1 is 1.56 bits per heavy atom. The first-order valence-electron chi connectivity index (χ1n) is 6.37. The molecule has 1 aromatic rings. The molecule has 1 aliphatic rings. The molecule has 1 unspecified atom stereocenters. The zero-order valence-corrected chi connectivity index (χ0v) is 10.9.